The zero-order valence-electron chi connectivity index (χ0n) is 10.7. The van der Waals surface area contributed by atoms with Gasteiger partial charge >= 0.3 is 0 Å². The molecular weight excluding hydrogens is 189 g/mol. The summed E-state index contributed by atoms with van der Waals surface area (Å²) in [5.41, 5.74) is 0.382. The molecule has 0 N–H and O–H groups in total. The number of hydrogen-bond acceptors (Lipinski definition) is 1. The molecule has 0 spiro atoms. The van der Waals surface area contributed by atoms with Gasteiger partial charge in [-0.1, -0.05) is 27.7 Å². The maximum atomic E-state index is 13.0. The lowest BCUT2D eigenvalue weighted by Gasteiger charge is -2.38. The van der Waals surface area contributed by atoms with Crippen LogP contribution in [0.2, 0.25) is 0 Å². The minimum atomic E-state index is -0.548. The quantitative estimate of drug-likeness (QED) is 0.695. The van der Waals surface area contributed by atoms with Gasteiger partial charge in [-0.05, 0) is 31.1 Å². The molecule has 1 aliphatic heterocycles. The third-order valence-electron chi connectivity index (χ3n) is 3.29. The first-order valence-corrected chi connectivity index (χ1v) is 6.30. The SMILES string of the molecule is CCC(CC(C)(C)C)N1CCC(F)CC1. The van der Waals surface area contributed by atoms with Gasteiger partial charge in [0.15, 0.2) is 0 Å². The first kappa shape index (κ1) is 13.0. The number of halogens is 1. The Morgan fingerprint density at radius 3 is 2.20 bits per heavy atom. The monoisotopic (exact) mass is 215 g/mol. The van der Waals surface area contributed by atoms with Crippen LogP contribution in [0.4, 0.5) is 4.39 Å². The van der Waals surface area contributed by atoms with Crippen LogP contribution in [0.5, 0.6) is 0 Å². The molecule has 0 aromatic rings. The van der Waals surface area contributed by atoms with Crippen molar-refractivity contribution < 1.29 is 4.39 Å². The van der Waals surface area contributed by atoms with Crippen molar-refractivity contribution in [1.82, 2.24) is 4.90 Å². The molecule has 1 nitrogen and oxygen atoms in total. The Kier molecular flexibility index (Phi) is 4.57. The van der Waals surface area contributed by atoms with E-state index in [-0.39, 0.29) is 0 Å². The smallest absolute Gasteiger partial charge is 0.103 e. The van der Waals surface area contributed by atoms with Crippen LogP contribution in [0, 0.1) is 5.41 Å². The van der Waals surface area contributed by atoms with Crippen LogP contribution < -0.4 is 0 Å². The van der Waals surface area contributed by atoms with E-state index in [0.717, 1.165) is 25.9 Å². The van der Waals surface area contributed by atoms with E-state index in [4.69, 9.17) is 0 Å². The lowest BCUT2D eigenvalue weighted by molar-refractivity contribution is 0.0862. The first-order chi connectivity index (χ1) is 6.92. The summed E-state index contributed by atoms with van der Waals surface area (Å²) >= 11 is 0. The van der Waals surface area contributed by atoms with Crippen LogP contribution in [-0.2, 0) is 0 Å². The normalized spacial score (nSPS) is 23.0. The molecule has 0 aromatic heterocycles. The zero-order chi connectivity index (χ0) is 11.5. The number of hydrogen-bond donors (Lipinski definition) is 0. The van der Waals surface area contributed by atoms with Gasteiger partial charge in [0.25, 0.3) is 0 Å². The topological polar surface area (TPSA) is 3.24 Å². The van der Waals surface area contributed by atoms with Crippen molar-refractivity contribution in [2.45, 2.75) is 65.6 Å². The molecule has 0 bridgehead atoms. The van der Waals surface area contributed by atoms with Crippen LogP contribution in [-0.4, -0.2) is 30.2 Å². The summed E-state index contributed by atoms with van der Waals surface area (Å²) in [7, 11) is 0. The molecule has 1 aliphatic rings. The van der Waals surface area contributed by atoms with Crippen LogP contribution in [0.15, 0.2) is 0 Å². The Balaban J connectivity index is 2.44. The van der Waals surface area contributed by atoms with Crippen molar-refractivity contribution >= 4 is 0 Å². The number of piperidine rings is 1. The van der Waals surface area contributed by atoms with Gasteiger partial charge in [0, 0.05) is 19.1 Å². The van der Waals surface area contributed by atoms with Gasteiger partial charge in [-0.3, -0.25) is 0 Å². The molecule has 0 saturated carbocycles. The summed E-state index contributed by atoms with van der Waals surface area (Å²) in [6.45, 7) is 11.0. The van der Waals surface area contributed by atoms with E-state index in [2.05, 4.69) is 32.6 Å². The van der Waals surface area contributed by atoms with E-state index >= 15 is 0 Å². The summed E-state index contributed by atoms with van der Waals surface area (Å²) in [6, 6.07) is 0.650. The highest BCUT2D eigenvalue weighted by Gasteiger charge is 2.26. The number of rotatable bonds is 3. The lowest BCUT2D eigenvalue weighted by Crippen LogP contribution is -2.43. The largest absolute Gasteiger partial charge is 0.300 e. The van der Waals surface area contributed by atoms with Gasteiger partial charge in [-0.25, -0.2) is 4.39 Å². The molecule has 1 rings (SSSR count). The molecule has 2 heteroatoms. The summed E-state index contributed by atoms with van der Waals surface area (Å²) in [6.07, 6.45) is 3.34. The molecule has 1 heterocycles. The second-order valence-electron chi connectivity index (χ2n) is 6.04. The average molecular weight is 215 g/mol. The van der Waals surface area contributed by atoms with Gasteiger partial charge < -0.3 is 4.90 Å². The van der Waals surface area contributed by atoms with Crippen LogP contribution >= 0.6 is 0 Å². The van der Waals surface area contributed by atoms with Crippen molar-refractivity contribution in [1.29, 1.82) is 0 Å². The summed E-state index contributed by atoms with van der Waals surface area (Å²) < 4.78 is 13.0. The van der Waals surface area contributed by atoms with Crippen molar-refractivity contribution in [3.05, 3.63) is 0 Å². The van der Waals surface area contributed by atoms with Gasteiger partial charge in [0.2, 0.25) is 0 Å². The van der Waals surface area contributed by atoms with Crippen LogP contribution in [0.3, 0.4) is 0 Å². The molecule has 1 unspecified atom stereocenters. The van der Waals surface area contributed by atoms with Crippen molar-refractivity contribution in [2.24, 2.45) is 5.41 Å². The Labute approximate surface area is 94.0 Å². The van der Waals surface area contributed by atoms with Crippen LogP contribution in [0.25, 0.3) is 0 Å². The highest BCUT2D eigenvalue weighted by atomic mass is 19.1. The Hall–Kier alpha value is -0.110. The Bertz CT molecular complexity index is 177. The highest BCUT2D eigenvalue weighted by Crippen LogP contribution is 2.27. The molecule has 15 heavy (non-hydrogen) atoms. The molecular formula is C13H26FN. The minimum absolute atomic E-state index is 0.382. The van der Waals surface area contributed by atoms with Crippen molar-refractivity contribution in [3.63, 3.8) is 0 Å². The van der Waals surface area contributed by atoms with Gasteiger partial charge in [0.1, 0.15) is 6.17 Å². The van der Waals surface area contributed by atoms with Crippen molar-refractivity contribution in [3.8, 4) is 0 Å². The highest BCUT2D eigenvalue weighted by molar-refractivity contribution is 4.80. The second-order valence-corrected chi connectivity index (χ2v) is 6.04. The first-order valence-electron chi connectivity index (χ1n) is 6.30. The van der Waals surface area contributed by atoms with Gasteiger partial charge in [0.05, 0.1) is 0 Å². The maximum Gasteiger partial charge on any atom is 0.103 e. The average Bonchev–Trinajstić information content (AvgIpc) is 2.14. The summed E-state index contributed by atoms with van der Waals surface area (Å²) in [5, 5.41) is 0. The molecule has 0 aliphatic carbocycles. The molecule has 0 amide bonds. The standard InChI is InChI=1S/C13H26FN/c1-5-12(10-13(2,3)4)15-8-6-11(14)7-9-15/h11-12H,5-10H2,1-4H3. The Morgan fingerprint density at radius 1 is 1.27 bits per heavy atom. The predicted octanol–water partition coefficient (Wildman–Crippen LogP) is 3.64. The fraction of sp³-hybridized carbons (Fsp3) is 1.00. The Morgan fingerprint density at radius 2 is 1.80 bits per heavy atom. The number of likely N-dealkylation sites (tertiary alicyclic amines) is 1. The maximum absolute atomic E-state index is 13.0. The molecule has 1 fully saturated rings. The second kappa shape index (κ2) is 5.29. The summed E-state index contributed by atoms with van der Waals surface area (Å²) in [4.78, 5) is 2.49. The van der Waals surface area contributed by atoms with E-state index in [1.807, 2.05) is 0 Å². The molecule has 0 aromatic carbocycles. The molecule has 0 radical (unpaired) electrons. The molecule has 90 valence electrons. The number of alkyl halides is 1. The van der Waals surface area contributed by atoms with Gasteiger partial charge in [-0.15, -0.1) is 0 Å². The third-order valence-corrected chi connectivity index (χ3v) is 3.29. The van der Waals surface area contributed by atoms with Crippen LogP contribution in [0.1, 0.15) is 53.4 Å². The van der Waals surface area contributed by atoms with E-state index in [1.54, 1.807) is 0 Å². The zero-order valence-corrected chi connectivity index (χ0v) is 10.7. The molecule has 1 saturated heterocycles. The fourth-order valence-electron chi connectivity index (χ4n) is 2.47. The van der Waals surface area contributed by atoms with Crippen molar-refractivity contribution in [2.75, 3.05) is 13.1 Å². The van der Waals surface area contributed by atoms with E-state index in [9.17, 15) is 4.39 Å². The van der Waals surface area contributed by atoms with E-state index in [1.165, 1.54) is 12.8 Å². The summed E-state index contributed by atoms with van der Waals surface area (Å²) in [5.74, 6) is 0. The fourth-order valence-corrected chi connectivity index (χ4v) is 2.47. The van der Waals surface area contributed by atoms with E-state index in [0.29, 0.717) is 11.5 Å². The predicted molar refractivity (Wildman–Crippen MR) is 63.9 cm³/mol. The van der Waals surface area contributed by atoms with E-state index < -0.39 is 6.17 Å². The van der Waals surface area contributed by atoms with Gasteiger partial charge in [-0.2, -0.15) is 0 Å². The lowest BCUT2D eigenvalue weighted by atomic mass is 9.86. The third kappa shape index (κ3) is 4.50. The number of nitrogens with zero attached hydrogens (tertiary/aromatic N) is 1. The molecule has 1 atom stereocenters. The minimum Gasteiger partial charge on any atom is -0.300 e.